The summed E-state index contributed by atoms with van der Waals surface area (Å²) in [5, 5.41) is 5.91. The minimum atomic E-state index is -3.93. The van der Waals surface area contributed by atoms with E-state index in [-0.39, 0.29) is 15.5 Å². The molecule has 0 aliphatic heterocycles. The number of para-hydroxylation sites is 1. The number of hydrazine groups is 1. The molecule has 0 saturated heterocycles. The maximum Gasteiger partial charge on any atom is 0.288 e. The molecule has 8 nitrogen and oxygen atoms in total. The molecule has 0 spiro atoms. The first-order valence-electron chi connectivity index (χ1n) is 12.9. The van der Waals surface area contributed by atoms with Crippen molar-refractivity contribution in [3.05, 3.63) is 119 Å². The fraction of sp³-hybridized carbons (Fsp3) is 0.156. The fourth-order valence-corrected chi connectivity index (χ4v) is 5.48. The van der Waals surface area contributed by atoms with E-state index < -0.39 is 21.2 Å². The summed E-state index contributed by atoms with van der Waals surface area (Å²) in [6.07, 6.45) is 1.72. The van der Waals surface area contributed by atoms with Gasteiger partial charge in [-0.2, -0.15) is 9.91 Å². The highest BCUT2D eigenvalue weighted by molar-refractivity contribution is 7.91. The molecule has 5 aromatic rings. The molecule has 206 valence electrons. The zero-order valence-electron chi connectivity index (χ0n) is 23.2. The van der Waals surface area contributed by atoms with E-state index in [1.54, 1.807) is 42.6 Å². The number of nitrogens with zero attached hydrogens (tertiary/aromatic N) is 4. The highest BCUT2D eigenvalue weighted by atomic mass is 32.2. The molecule has 0 fully saturated rings. The monoisotopic (exact) mass is 563 g/mol. The Labute approximate surface area is 239 Å². The number of fused-ring (bicyclic) bond motifs is 1. The van der Waals surface area contributed by atoms with E-state index in [4.69, 9.17) is 5.84 Å². The molecule has 3 aromatic carbocycles. The summed E-state index contributed by atoms with van der Waals surface area (Å²) >= 11 is 0. The van der Waals surface area contributed by atoms with Crippen LogP contribution in [0, 0.1) is 18.8 Å². The number of sulfone groups is 1. The number of aromatic nitrogens is 3. The molecule has 9 heteroatoms. The number of amides is 1. The largest absolute Gasteiger partial charge is 0.288 e. The van der Waals surface area contributed by atoms with Gasteiger partial charge in [0.15, 0.2) is 5.03 Å². The Bertz CT molecular complexity index is 1950. The number of pyridine rings is 1. The Hall–Kier alpha value is -4.78. The van der Waals surface area contributed by atoms with Gasteiger partial charge in [0.2, 0.25) is 9.84 Å². The van der Waals surface area contributed by atoms with Gasteiger partial charge in [-0.05, 0) is 48.9 Å². The lowest BCUT2D eigenvalue weighted by Gasteiger charge is -2.25. The van der Waals surface area contributed by atoms with Crippen LogP contribution in [0.2, 0.25) is 0 Å². The lowest BCUT2D eigenvalue weighted by molar-refractivity contribution is 0.0950. The fourth-order valence-electron chi connectivity index (χ4n) is 4.27. The predicted octanol–water partition coefficient (Wildman–Crippen LogP) is 4.92. The summed E-state index contributed by atoms with van der Waals surface area (Å²) in [5.41, 5.74) is 3.34. The van der Waals surface area contributed by atoms with E-state index in [1.807, 2.05) is 58.0 Å². The van der Waals surface area contributed by atoms with Crippen molar-refractivity contribution < 1.29 is 13.2 Å². The number of nitrogens with two attached hydrogens (primary N) is 1. The SMILES string of the molecule is Cc1ccc(C(=O)N(N)n2nc(S(=O)(=O)c3ccccc3)cc2C(C)(C)C)cc1C#Cc1cnc2ccccc2c1. The van der Waals surface area contributed by atoms with Crippen molar-refractivity contribution in [2.75, 3.05) is 5.12 Å². The molecule has 0 aliphatic carbocycles. The van der Waals surface area contributed by atoms with Crippen LogP contribution in [0.1, 0.15) is 53.5 Å². The second-order valence-electron chi connectivity index (χ2n) is 10.7. The van der Waals surface area contributed by atoms with Crippen molar-refractivity contribution in [1.82, 2.24) is 14.9 Å². The average molecular weight is 564 g/mol. The van der Waals surface area contributed by atoms with Gasteiger partial charge in [0.25, 0.3) is 5.91 Å². The standard InChI is InChI=1S/C32H29N5O3S/c1-22-14-16-26(19-24(22)17-15-23-18-25-10-8-9-13-28(25)34-21-23)31(38)36(33)37-29(32(2,3)4)20-30(35-37)41(39,40)27-11-6-5-7-12-27/h5-14,16,18-21H,33H2,1-4H3. The van der Waals surface area contributed by atoms with Gasteiger partial charge in [-0.25, -0.2) is 14.3 Å². The van der Waals surface area contributed by atoms with E-state index >= 15 is 0 Å². The van der Waals surface area contributed by atoms with Gasteiger partial charge in [-0.3, -0.25) is 9.78 Å². The number of hydrogen-bond donors (Lipinski definition) is 1. The zero-order chi connectivity index (χ0) is 29.4. The molecule has 2 heterocycles. The summed E-state index contributed by atoms with van der Waals surface area (Å²) in [5.74, 6) is 12.0. The highest BCUT2D eigenvalue weighted by Crippen LogP contribution is 2.28. The number of benzene rings is 3. The summed E-state index contributed by atoms with van der Waals surface area (Å²) in [4.78, 5) is 19.3. The summed E-state index contributed by atoms with van der Waals surface area (Å²) in [6, 6.07) is 24.4. The molecule has 0 atom stereocenters. The van der Waals surface area contributed by atoms with Crippen molar-refractivity contribution in [2.24, 2.45) is 5.84 Å². The Balaban J connectivity index is 1.49. The van der Waals surface area contributed by atoms with Crippen LogP contribution in [0.4, 0.5) is 0 Å². The molecular formula is C32H29N5O3S. The Morgan fingerprint density at radius 3 is 2.37 bits per heavy atom. The van der Waals surface area contributed by atoms with Crippen LogP contribution in [0.3, 0.4) is 0 Å². The number of rotatable bonds is 4. The van der Waals surface area contributed by atoms with E-state index in [2.05, 4.69) is 21.9 Å². The van der Waals surface area contributed by atoms with Crippen molar-refractivity contribution in [1.29, 1.82) is 0 Å². The molecule has 1 amide bonds. The molecular weight excluding hydrogens is 534 g/mol. The Morgan fingerprint density at radius 1 is 0.927 bits per heavy atom. The molecule has 2 N–H and O–H groups in total. The Kier molecular flexibility index (Phi) is 7.22. The summed E-state index contributed by atoms with van der Waals surface area (Å²) < 4.78 is 26.6. The third kappa shape index (κ3) is 5.61. The predicted molar refractivity (Wildman–Crippen MR) is 158 cm³/mol. The van der Waals surface area contributed by atoms with Crippen LogP contribution in [0.25, 0.3) is 10.9 Å². The van der Waals surface area contributed by atoms with Gasteiger partial charge in [0, 0.05) is 39.8 Å². The number of carbonyl (C=O) groups excluding carboxylic acids is 1. The molecule has 0 saturated carbocycles. The van der Waals surface area contributed by atoms with Gasteiger partial charge >= 0.3 is 0 Å². The molecule has 0 unspecified atom stereocenters. The second kappa shape index (κ2) is 10.7. The minimum Gasteiger partial charge on any atom is -0.266 e. The van der Waals surface area contributed by atoms with Crippen LogP contribution < -0.4 is 11.0 Å². The first-order chi connectivity index (χ1) is 19.4. The smallest absolute Gasteiger partial charge is 0.266 e. The third-order valence-corrected chi connectivity index (χ3v) is 8.24. The van der Waals surface area contributed by atoms with Crippen molar-refractivity contribution in [2.45, 2.75) is 43.0 Å². The molecule has 2 aromatic heterocycles. The minimum absolute atomic E-state index is 0.100. The maximum atomic E-state index is 13.6. The highest BCUT2D eigenvalue weighted by Gasteiger charge is 2.31. The molecule has 41 heavy (non-hydrogen) atoms. The lowest BCUT2D eigenvalue weighted by Crippen LogP contribution is -2.49. The summed E-state index contributed by atoms with van der Waals surface area (Å²) in [6.45, 7) is 7.57. The Morgan fingerprint density at radius 2 is 1.63 bits per heavy atom. The van der Waals surface area contributed by atoms with E-state index in [0.29, 0.717) is 11.3 Å². The van der Waals surface area contributed by atoms with Crippen LogP contribution in [-0.2, 0) is 15.3 Å². The van der Waals surface area contributed by atoms with Gasteiger partial charge in [0.05, 0.1) is 16.1 Å². The number of carbonyl (C=O) groups is 1. The van der Waals surface area contributed by atoms with Crippen LogP contribution in [-0.4, -0.2) is 29.2 Å². The average Bonchev–Trinajstić information content (AvgIpc) is 3.44. The van der Waals surface area contributed by atoms with E-state index in [0.717, 1.165) is 31.9 Å². The topological polar surface area (TPSA) is 111 Å². The quantitative estimate of drug-likeness (QED) is 0.144. The van der Waals surface area contributed by atoms with Crippen molar-refractivity contribution in [3.8, 4) is 11.8 Å². The molecule has 5 rings (SSSR count). The maximum absolute atomic E-state index is 13.6. The normalized spacial score (nSPS) is 11.6. The molecule has 0 radical (unpaired) electrons. The number of hydrogen-bond acceptors (Lipinski definition) is 6. The van der Waals surface area contributed by atoms with Gasteiger partial charge < -0.3 is 0 Å². The third-order valence-electron chi connectivity index (χ3n) is 6.59. The zero-order valence-corrected chi connectivity index (χ0v) is 24.0. The van der Waals surface area contributed by atoms with Crippen molar-refractivity contribution in [3.63, 3.8) is 0 Å². The first kappa shape index (κ1) is 27.8. The summed E-state index contributed by atoms with van der Waals surface area (Å²) in [7, 11) is -3.93. The van der Waals surface area contributed by atoms with E-state index in [1.165, 1.54) is 18.2 Å². The van der Waals surface area contributed by atoms with Crippen molar-refractivity contribution >= 4 is 26.6 Å². The van der Waals surface area contributed by atoms with Crippen LogP contribution >= 0.6 is 0 Å². The van der Waals surface area contributed by atoms with Crippen LogP contribution in [0.15, 0.2) is 101 Å². The first-order valence-corrected chi connectivity index (χ1v) is 14.4. The lowest BCUT2D eigenvalue weighted by atomic mass is 9.92. The number of aryl methyl sites for hydroxylation is 1. The van der Waals surface area contributed by atoms with Gasteiger partial charge in [0.1, 0.15) is 0 Å². The van der Waals surface area contributed by atoms with Gasteiger partial charge in [-0.1, -0.05) is 75.1 Å². The van der Waals surface area contributed by atoms with Crippen LogP contribution in [0.5, 0.6) is 0 Å². The molecule has 0 bridgehead atoms. The second-order valence-corrected chi connectivity index (χ2v) is 12.6. The van der Waals surface area contributed by atoms with Gasteiger partial charge in [-0.15, -0.1) is 5.10 Å². The molecule has 0 aliphatic rings. The van der Waals surface area contributed by atoms with E-state index in [9.17, 15) is 13.2 Å².